The Morgan fingerprint density at radius 3 is 2.78 bits per heavy atom. The fraction of sp³-hybridized carbons (Fsp3) is 0.333. The van der Waals surface area contributed by atoms with Crippen LogP contribution in [-0.4, -0.2) is 78.4 Å². The van der Waals surface area contributed by atoms with Crippen molar-refractivity contribution in [2.24, 2.45) is 0 Å². The first-order valence-corrected chi connectivity index (χ1v) is 12.9. The zero-order valence-corrected chi connectivity index (χ0v) is 21.3. The van der Waals surface area contributed by atoms with Crippen molar-refractivity contribution >= 4 is 55.7 Å². The molecule has 0 radical (unpaired) electrons. The van der Waals surface area contributed by atoms with Gasteiger partial charge in [0.2, 0.25) is 5.95 Å². The topological polar surface area (TPSA) is 87.7 Å². The lowest BCUT2D eigenvalue weighted by atomic mass is 10.1. The van der Waals surface area contributed by atoms with Gasteiger partial charge in [-0.15, -0.1) is 11.3 Å². The number of nitrogens with one attached hydrogen (secondary N) is 1. The Kier molecular flexibility index (Phi) is 7.22. The Morgan fingerprint density at radius 1 is 1.14 bits per heavy atom. The highest BCUT2D eigenvalue weighted by molar-refractivity contribution is 7.21. The third-order valence-electron chi connectivity index (χ3n) is 6.18. The van der Waals surface area contributed by atoms with Gasteiger partial charge in [-0.2, -0.15) is 0 Å². The van der Waals surface area contributed by atoms with E-state index in [-0.39, 0.29) is 11.7 Å². The predicted octanol–water partition coefficient (Wildman–Crippen LogP) is 4.12. The van der Waals surface area contributed by atoms with Crippen molar-refractivity contribution in [3.05, 3.63) is 59.1 Å². The van der Waals surface area contributed by atoms with Crippen molar-refractivity contribution < 1.29 is 14.3 Å². The van der Waals surface area contributed by atoms with Gasteiger partial charge in [0.05, 0.1) is 23.6 Å². The fourth-order valence-corrected chi connectivity index (χ4v) is 5.28. The lowest BCUT2D eigenvalue weighted by Gasteiger charge is -2.26. The first-order valence-electron chi connectivity index (χ1n) is 12.0. The van der Waals surface area contributed by atoms with Crippen LogP contribution in [0.15, 0.2) is 48.7 Å². The number of hydrogen-bond donors (Lipinski definition) is 1. The van der Waals surface area contributed by atoms with E-state index in [4.69, 9.17) is 9.72 Å². The number of hydrogen-bond acceptors (Lipinski definition) is 8. The standard InChI is InChI=1S/C27H29N5O3S/c1-31(2)9-8-21(33)15-18-4-3-5-20(14-18)29-27-28-17-19-6-7-23-22(25(19)30-27)16-24(36-23)26(34)32-10-12-35-13-11-32/h3-7,14,16-17H,8-13,15H2,1-2H3,(H,28,29,30). The molecular weight excluding hydrogens is 474 g/mol. The maximum absolute atomic E-state index is 13.0. The average molecular weight is 504 g/mol. The molecule has 9 heteroatoms. The summed E-state index contributed by atoms with van der Waals surface area (Å²) in [5.41, 5.74) is 2.58. The van der Waals surface area contributed by atoms with Crippen LogP contribution in [0.1, 0.15) is 21.7 Å². The predicted molar refractivity (Wildman–Crippen MR) is 143 cm³/mol. The normalized spacial score (nSPS) is 14.0. The Morgan fingerprint density at radius 2 is 1.97 bits per heavy atom. The number of Topliss-reactive ketones (excluding diaryl/α,β-unsaturated/α-hetero) is 1. The number of ether oxygens (including phenoxy) is 1. The van der Waals surface area contributed by atoms with Crippen LogP contribution in [-0.2, 0) is 16.0 Å². The third-order valence-corrected chi connectivity index (χ3v) is 7.27. The second kappa shape index (κ2) is 10.7. The van der Waals surface area contributed by atoms with E-state index < -0.39 is 0 Å². The van der Waals surface area contributed by atoms with Crippen molar-refractivity contribution in [3.8, 4) is 0 Å². The molecule has 0 atom stereocenters. The molecule has 1 N–H and O–H groups in total. The molecule has 2 aromatic heterocycles. The summed E-state index contributed by atoms with van der Waals surface area (Å²) in [6.45, 7) is 3.13. The third kappa shape index (κ3) is 5.53. The van der Waals surface area contributed by atoms with Gasteiger partial charge in [0.25, 0.3) is 5.91 Å². The number of nitrogens with zero attached hydrogens (tertiary/aromatic N) is 4. The molecule has 1 aliphatic heterocycles. The molecule has 3 heterocycles. The number of carbonyl (C=O) groups is 2. The smallest absolute Gasteiger partial charge is 0.264 e. The first kappa shape index (κ1) is 24.3. The quantitative estimate of drug-likeness (QED) is 0.387. The maximum Gasteiger partial charge on any atom is 0.264 e. The van der Waals surface area contributed by atoms with Crippen LogP contribution >= 0.6 is 11.3 Å². The summed E-state index contributed by atoms with van der Waals surface area (Å²) in [5.74, 6) is 0.723. The summed E-state index contributed by atoms with van der Waals surface area (Å²) in [6.07, 6.45) is 2.72. The summed E-state index contributed by atoms with van der Waals surface area (Å²) in [5, 5.41) is 5.14. The van der Waals surface area contributed by atoms with E-state index in [0.717, 1.165) is 38.8 Å². The van der Waals surface area contributed by atoms with E-state index in [0.29, 0.717) is 50.0 Å². The fourth-order valence-electron chi connectivity index (χ4n) is 4.25. The number of ketones is 1. The SMILES string of the molecule is CN(C)CCC(=O)Cc1cccc(Nc2ncc3ccc4sc(C(=O)N5CCOCC5)cc4c3n2)c1. The number of rotatable bonds is 8. The monoisotopic (exact) mass is 503 g/mol. The molecule has 0 unspecified atom stereocenters. The van der Waals surface area contributed by atoms with Crippen LogP contribution in [0.25, 0.3) is 21.0 Å². The maximum atomic E-state index is 13.0. The highest BCUT2D eigenvalue weighted by Gasteiger charge is 2.21. The van der Waals surface area contributed by atoms with E-state index in [1.54, 1.807) is 6.20 Å². The van der Waals surface area contributed by atoms with Crippen LogP contribution in [0.4, 0.5) is 11.6 Å². The van der Waals surface area contributed by atoms with E-state index in [1.807, 2.05) is 66.4 Å². The van der Waals surface area contributed by atoms with Gasteiger partial charge in [0, 0.05) is 59.8 Å². The molecule has 4 aromatic rings. The summed E-state index contributed by atoms with van der Waals surface area (Å²) in [7, 11) is 3.93. The molecule has 0 aliphatic carbocycles. The van der Waals surface area contributed by atoms with Crippen LogP contribution in [0.2, 0.25) is 0 Å². The van der Waals surface area contributed by atoms with Crippen molar-refractivity contribution in [3.63, 3.8) is 0 Å². The molecule has 1 amide bonds. The number of amides is 1. The molecule has 0 bridgehead atoms. The molecule has 8 nitrogen and oxygen atoms in total. The number of morpholine rings is 1. The van der Waals surface area contributed by atoms with Crippen LogP contribution in [0, 0.1) is 0 Å². The summed E-state index contributed by atoms with van der Waals surface area (Å²) < 4.78 is 6.39. The van der Waals surface area contributed by atoms with Gasteiger partial charge in [0.15, 0.2) is 0 Å². The van der Waals surface area contributed by atoms with Crippen LogP contribution in [0.3, 0.4) is 0 Å². The number of benzene rings is 2. The molecular formula is C27H29N5O3S. The molecule has 36 heavy (non-hydrogen) atoms. The number of carbonyl (C=O) groups excluding carboxylic acids is 2. The second-order valence-electron chi connectivity index (χ2n) is 9.22. The second-order valence-corrected chi connectivity index (χ2v) is 10.3. The average Bonchev–Trinajstić information content (AvgIpc) is 3.33. The number of thiophene rings is 1. The Labute approximate surface area is 213 Å². The Balaban J connectivity index is 1.37. The summed E-state index contributed by atoms with van der Waals surface area (Å²) >= 11 is 1.49. The lowest BCUT2D eigenvalue weighted by Crippen LogP contribution is -2.40. The van der Waals surface area contributed by atoms with Gasteiger partial charge in [-0.05, 0) is 50.0 Å². The van der Waals surface area contributed by atoms with Crippen molar-refractivity contribution in [2.45, 2.75) is 12.8 Å². The summed E-state index contributed by atoms with van der Waals surface area (Å²) in [6, 6.07) is 13.7. The van der Waals surface area contributed by atoms with Crippen LogP contribution in [0.5, 0.6) is 0 Å². The van der Waals surface area contributed by atoms with Gasteiger partial charge in [-0.1, -0.05) is 12.1 Å². The summed E-state index contributed by atoms with van der Waals surface area (Å²) in [4.78, 5) is 39.1. The van der Waals surface area contributed by atoms with Crippen molar-refractivity contribution in [1.29, 1.82) is 0 Å². The highest BCUT2D eigenvalue weighted by atomic mass is 32.1. The van der Waals surface area contributed by atoms with Gasteiger partial charge >= 0.3 is 0 Å². The minimum absolute atomic E-state index is 0.0389. The van der Waals surface area contributed by atoms with Crippen LogP contribution < -0.4 is 5.32 Å². The number of anilines is 2. The zero-order chi connectivity index (χ0) is 25.1. The molecule has 1 saturated heterocycles. The first-order chi connectivity index (χ1) is 17.5. The molecule has 2 aromatic carbocycles. The van der Waals surface area contributed by atoms with E-state index in [2.05, 4.69) is 10.3 Å². The molecule has 0 spiro atoms. The Bertz CT molecular complexity index is 1410. The molecule has 5 rings (SSSR count). The molecule has 0 saturated carbocycles. The van der Waals surface area contributed by atoms with Gasteiger partial charge < -0.3 is 19.9 Å². The van der Waals surface area contributed by atoms with Crippen molar-refractivity contribution in [2.75, 3.05) is 52.3 Å². The highest BCUT2D eigenvalue weighted by Crippen LogP contribution is 2.32. The van der Waals surface area contributed by atoms with Gasteiger partial charge in [-0.3, -0.25) is 9.59 Å². The van der Waals surface area contributed by atoms with Gasteiger partial charge in [0.1, 0.15) is 5.78 Å². The molecule has 186 valence electrons. The molecule has 1 fully saturated rings. The largest absolute Gasteiger partial charge is 0.378 e. The van der Waals surface area contributed by atoms with Crippen molar-refractivity contribution in [1.82, 2.24) is 19.8 Å². The van der Waals surface area contributed by atoms with E-state index >= 15 is 0 Å². The van der Waals surface area contributed by atoms with E-state index in [1.165, 1.54) is 11.3 Å². The van der Waals surface area contributed by atoms with Gasteiger partial charge in [-0.25, -0.2) is 9.97 Å². The Hall–Kier alpha value is -3.40. The minimum Gasteiger partial charge on any atom is -0.378 e. The molecule has 1 aliphatic rings. The minimum atomic E-state index is 0.0389. The van der Waals surface area contributed by atoms with E-state index in [9.17, 15) is 9.59 Å². The zero-order valence-electron chi connectivity index (χ0n) is 20.5. The lowest BCUT2D eigenvalue weighted by molar-refractivity contribution is -0.118. The number of fused-ring (bicyclic) bond motifs is 3. The number of aromatic nitrogens is 2.